The summed E-state index contributed by atoms with van der Waals surface area (Å²) in [5, 5.41) is 3.38. The molecule has 4 nitrogen and oxygen atoms in total. The molecule has 0 amide bonds. The predicted molar refractivity (Wildman–Crippen MR) is 72.2 cm³/mol. The van der Waals surface area contributed by atoms with Crippen LogP contribution in [-0.2, 0) is 6.42 Å². The summed E-state index contributed by atoms with van der Waals surface area (Å²) in [6.45, 7) is 0. The maximum atomic E-state index is 5.67. The Morgan fingerprint density at radius 3 is 3.00 bits per heavy atom. The number of nitrogen functional groups attached to an aromatic ring is 1. The molecule has 1 heterocycles. The van der Waals surface area contributed by atoms with Crippen LogP contribution in [0.1, 0.15) is 30.0 Å². The summed E-state index contributed by atoms with van der Waals surface area (Å²) in [6, 6.07) is 10.5. The van der Waals surface area contributed by atoms with Crippen molar-refractivity contribution in [2.75, 3.05) is 11.1 Å². The quantitative estimate of drug-likeness (QED) is 0.846. The highest BCUT2D eigenvalue weighted by atomic mass is 15.1. The van der Waals surface area contributed by atoms with Gasteiger partial charge in [-0.25, -0.2) is 4.98 Å². The van der Waals surface area contributed by atoms with Crippen molar-refractivity contribution in [3.63, 3.8) is 0 Å². The van der Waals surface area contributed by atoms with Gasteiger partial charge in [0.25, 0.3) is 0 Å². The van der Waals surface area contributed by atoms with E-state index in [9.17, 15) is 0 Å². The molecule has 0 bridgehead atoms. The number of nitrogens with zero attached hydrogens (tertiary/aromatic N) is 2. The first-order valence-corrected chi connectivity index (χ1v) is 6.26. The van der Waals surface area contributed by atoms with Crippen molar-refractivity contribution in [1.82, 2.24) is 9.97 Å². The van der Waals surface area contributed by atoms with E-state index in [1.54, 1.807) is 12.3 Å². The van der Waals surface area contributed by atoms with Crippen LogP contribution in [0.15, 0.2) is 36.5 Å². The summed E-state index contributed by atoms with van der Waals surface area (Å²) >= 11 is 0. The molecule has 1 atom stereocenters. The average molecular weight is 240 g/mol. The van der Waals surface area contributed by atoms with E-state index in [1.165, 1.54) is 17.5 Å². The second-order valence-electron chi connectivity index (χ2n) is 4.59. The zero-order chi connectivity index (χ0) is 12.4. The number of aryl methyl sites for hydroxylation is 1. The molecule has 0 fully saturated rings. The van der Waals surface area contributed by atoms with E-state index < -0.39 is 0 Å². The van der Waals surface area contributed by atoms with E-state index in [4.69, 9.17) is 5.73 Å². The summed E-state index contributed by atoms with van der Waals surface area (Å²) < 4.78 is 0. The van der Waals surface area contributed by atoms with Gasteiger partial charge in [0, 0.05) is 6.20 Å². The highest BCUT2D eigenvalue weighted by molar-refractivity contribution is 5.41. The van der Waals surface area contributed by atoms with Crippen molar-refractivity contribution in [3.8, 4) is 0 Å². The third-order valence-corrected chi connectivity index (χ3v) is 3.35. The van der Waals surface area contributed by atoms with Crippen LogP contribution >= 0.6 is 0 Å². The Morgan fingerprint density at radius 1 is 1.22 bits per heavy atom. The Kier molecular flexibility index (Phi) is 2.84. The average Bonchev–Trinajstić information content (AvgIpc) is 2.39. The molecule has 18 heavy (non-hydrogen) atoms. The van der Waals surface area contributed by atoms with Gasteiger partial charge in [0.05, 0.1) is 6.04 Å². The Morgan fingerprint density at radius 2 is 2.11 bits per heavy atom. The van der Waals surface area contributed by atoms with Gasteiger partial charge in [-0.05, 0) is 36.5 Å². The van der Waals surface area contributed by atoms with Crippen LogP contribution in [0.4, 0.5) is 11.8 Å². The van der Waals surface area contributed by atoms with Crippen molar-refractivity contribution < 1.29 is 0 Å². The SMILES string of the molecule is Nc1ccnc(NC2CCCc3ccccc32)n1. The predicted octanol–water partition coefficient (Wildman–Crippen LogP) is 2.55. The molecular weight excluding hydrogens is 224 g/mol. The standard InChI is InChI=1S/C14H16N4/c15-13-8-9-16-14(18-13)17-12-7-3-5-10-4-1-2-6-11(10)12/h1-2,4,6,8-9,12H,3,5,7H2,(H3,15,16,17,18). The van der Waals surface area contributed by atoms with Crippen LogP contribution in [0.25, 0.3) is 0 Å². The lowest BCUT2D eigenvalue weighted by Gasteiger charge is -2.26. The molecule has 1 aromatic heterocycles. The van der Waals surface area contributed by atoms with Gasteiger partial charge in [0.15, 0.2) is 0 Å². The minimum absolute atomic E-state index is 0.289. The summed E-state index contributed by atoms with van der Waals surface area (Å²) in [5.74, 6) is 1.10. The van der Waals surface area contributed by atoms with Crippen molar-refractivity contribution in [2.24, 2.45) is 0 Å². The first-order chi connectivity index (χ1) is 8.83. The Hall–Kier alpha value is -2.10. The fourth-order valence-electron chi connectivity index (χ4n) is 2.50. The number of aromatic nitrogens is 2. The molecule has 4 heteroatoms. The van der Waals surface area contributed by atoms with Crippen molar-refractivity contribution in [3.05, 3.63) is 47.7 Å². The zero-order valence-corrected chi connectivity index (χ0v) is 10.1. The van der Waals surface area contributed by atoms with E-state index in [2.05, 4.69) is 39.6 Å². The van der Waals surface area contributed by atoms with Gasteiger partial charge in [0.1, 0.15) is 5.82 Å². The zero-order valence-electron chi connectivity index (χ0n) is 10.1. The minimum Gasteiger partial charge on any atom is -0.384 e. The van der Waals surface area contributed by atoms with Crippen LogP contribution in [-0.4, -0.2) is 9.97 Å². The van der Waals surface area contributed by atoms with Crippen molar-refractivity contribution in [2.45, 2.75) is 25.3 Å². The molecule has 1 aliphatic rings. The maximum absolute atomic E-state index is 5.67. The fraction of sp³-hybridized carbons (Fsp3) is 0.286. The second kappa shape index (κ2) is 4.64. The number of rotatable bonds is 2. The lowest BCUT2D eigenvalue weighted by molar-refractivity contribution is 0.596. The van der Waals surface area contributed by atoms with E-state index in [1.807, 2.05) is 0 Å². The Bertz CT molecular complexity index is 553. The molecule has 1 unspecified atom stereocenters. The monoisotopic (exact) mass is 240 g/mol. The normalized spacial score (nSPS) is 18.1. The number of anilines is 2. The van der Waals surface area contributed by atoms with Gasteiger partial charge >= 0.3 is 0 Å². The molecule has 3 N–H and O–H groups in total. The summed E-state index contributed by atoms with van der Waals surface area (Å²) in [7, 11) is 0. The van der Waals surface area contributed by atoms with E-state index >= 15 is 0 Å². The third kappa shape index (κ3) is 2.14. The van der Waals surface area contributed by atoms with Crippen LogP contribution < -0.4 is 11.1 Å². The Balaban J connectivity index is 1.86. The van der Waals surface area contributed by atoms with Crippen molar-refractivity contribution in [1.29, 1.82) is 0 Å². The van der Waals surface area contributed by atoms with Crippen LogP contribution in [0, 0.1) is 0 Å². The summed E-state index contributed by atoms with van der Waals surface area (Å²) in [6.07, 6.45) is 5.14. The van der Waals surface area contributed by atoms with Gasteiger partial charge in [-0.3, -0.25) is 0 Å². The molecule has 2 aromatic rings. The number of nitrogens with one attached hydrogen (secondary N) is 1. The minimum atomic E-state index is 0.289. The smallest absolute Gasteiger partial charge is 0.225 e. The number of nitrogens with two attached hydrogens (primary N) is 1. The van der Waals surface area contributed by atoms with E-state index in [-0.39, 0.29) is 6.04 Å². The largest absolute Gasteiger partial charge is 0.384 e. The lowest BCUT2D eigenvalue weighted by atomic mass is 9.88. The van der Waals surface area contributed by atoms with Crippen LogP contribution in [0.5, 0.6) is 0 Å². The molecule has 0 saturated heterocycles. The molecule has 0 spiro atoms. The highest BCUT2D eigenvalue weighted by Gasteiger charge is 2.20. The molecule has 92 valence electrons. The van der Waals surface area contributed by atoms with E-state index in [0.717, 1.165) is 12.8 Å². The van der Waals surface area contributed by atoms with Gasteiger partial charge in [-0.2, -0.15) is 4.98 Å². The van der Waals surface area contributed by atoms with Crippen molar-refractivity contribution >= 4 is 11.8 Å². The fourth-order valence-corrected chi connectivity index (χ4v) is 2.50. The number of hydrogen-bond acceptors (Lipinski definition) is 4. The molecule has 1 aliphatic carbocycles. The molecule has 0 radical (unpaired) electrons. The molecule has 0 saturated carbocycles. The number of hydrogen-bond donors (Lipinski definition) is 2. The highest BCUT2D eigenvalue weighted by Crippen LogP contribution is 2.31. The van der Waals surface area contributed by atoms with Gasteiger partial charge in [0.2, 0.25) is 5.95 Å². The lowest BCUT2D eigenvalue weighted by Crippen LogP contribution is -2.18. The van der Waals surface area contributed by atoms with Gasteiger partial charge in [-0.15, -0.1) is 0 Å². The third-order valence-electron chi connectivity index (χ3n) is 3.35. The van der Waals surface area contributed by atoms with Gasteiger partial charge in [-0.1, -0.05) is 24.3 Å². The number of fused-ring (bicyclic) bond motifs is 1. The Labute approximate surface area is 106 Å². The molecule has 1 aromatic carbocycles. The second-order valence-corrected chi connectivity index (χ2v) is 4.59. The summed E-state index contributed by atoms with van der Waals surface area (Å²) in [4.78, 5) is 8.40. The van der Waals surface area contributed by atoms with Gasteiger partial charge < -0.3 is 11.1 Å². The molecule has 0 aliphatic heterocycles. The first-order valence-electron chi connectivity index (χ1n) is 6.26. The number of benzene rings is 1. The summed E-state index contributed by atoms with van der Waals surface area (Å²) in [5.41, 5.74) is 8.44. The first kappa shape index (κ1) is 11.0. The topological polar surface area (TPSA) is 63.8 Å². The maximum Gasteiger partial charge on any atom is 0.225 e. The molecular formula is C14H16N4. The van der Waals surface area contributed by atoms with Crippen LogP contribution in [0.2, 0.25) is 0 Å². The van der Waals surface area contributed by atoms with E-state index in [0.29, 0.717) is 11.8 Å². The van der Waals surface area contributed by atoms with Crippen LogP contribution in [0.3, 0.4) is 0 Å². The molecule has 3 rings (SSSR count).